The summed E-state index contributed by atoms with van der Waals surface area (Å²) in [6, 6.07) is 10.5. The molecule has 0 aliphatic rings. The number of carbonyl (C=O) groups is 1. The van der Waals surface area contributed by atoms with Crippen molar-refractivity contribution in [2.24, 2.45) is 0 Å². The minimum atomic E-state index is -1.05. The van der Waals surface area contributed by atoms with E-state index >= 15 is 0 Å². The maximum Gasteiger partial charge on any atom is 0.328 e. The lowest BCUT2D eigenvalue weighted by atomic mass is 10.2. The highest BCUT2D eigenvalue weighted by molar-refractivity contribution is 6.32. The molecule has 0 unspecified atom stereocenters. The molecule has 0 saturated carbocycles. The van der Waals surface area contributed by atoms with E-state index in [-0.39, 0.29) is 6.61 Å². The van der Waals surface area contributed by atoms with Crippen LogP contribution >= 0.6 is 11.6 Å². The number of carboxylic acid groups (broad SMARTS) is 1. The Bertz CT molecular complexity index is 788. The Morgan fingerprint density at radius 3 is 2.50 bits per heavy atom. The predicted octanol–water partition coefficient (Wildman–Crippen LogP) is 3.91. The van der Waals surface area contributed by atoms with Gasteiger partial charge in [-0.3, -0.25) is 0 Å². The zero-order valence-corrected chi connectivity index (χ0v) is 15.2. The highest BCUT2D eigenvalue weighted by Gasteiger charge is 2.11. The maximum absolute atomic E-state index is 10.6. The third-order valence-electron chi connectivity index (χ3n) is 3.31. The van der Waals surface area contributed by atoms with Crippen LogP contribution < -0.4 is 18.9 Å². The average Bonchev–Trinajstić information content (AvgIpc) is 2.64. The first-order valence-electron chi connectivity index (χ1n) is 7.71. The van der Waals surface area contributed by atoms with Crippen molar-refractivity contribution >= 4 is 23.6 Å². The topological polar surface area (TPSA) is 74.2 Å². The number of aliphatic carboxylic acids is 1. The van der Waals surface area contributed by atoms with Gasteiger partial charge in [-0.2, -0.15) is 0 Å². The summed E-state index contributed by atoms with van der Waals surface area (Å²) in [6.45, 7) is 0.547. The van der Waals surface area contributed by atoms with Gasteiger partial charge < -0.3 is 24.1 Å². The van der Waals surface area contributed by atoms with Gasteiger partial charge in [-0.15, -0.1) is 0 Å². The highest BCUT2D eigenvalue weighted by Crippen LogP contribution is 2.36. The second-order valence-corrected chi connectivity index (χ2v) is 5.49. The van der Waals surface area contributed by atoms with Crippen LogP contribution in [0.5, 0.6) is 23.0 Å². The number of carboxylic acids is 1. The lowest BCUT2D eigenvalue weighted by Crippen LogP contribution is -2.10. The third-order valence-corrected chi connectivity index (χ3v) is 3.59. The number of rotatable bonds is 9. The molecule has 0 amide bonds. The van der Waals surface area contributed by atoms with Crippen molar-refractivity contribution < 1.29 is 28.8 Å². The summed E-state index contributed by atoms with van der Waals surface area (Å²) in [5, 5.41) is 9.01. The van der Waals surface area contributed by atoms with Crippen molar-refractivity contribution in [3.63, 3.8) is 0 Å². The minimum Gasteiger partial charge on any atom is -0.497 e. The van der Waals surface area contributed by atoms with Crippen LogP contribution in [0.3, 0.4) is 0 Å². The van der Waals surface area contributed by atoms with Gasteiger partial charge in [-0.1, -0.05) is 17.7 Å². The Balaban J connectivity index is 1.99. The van der Waals surface area contributed by atoms with Crippen LogP contribution in [-0.4, -0.2) is 38.5 Å². The fourth-order valence-electron chi connectivity index (χ4n) is 2.14. The molecule has 0 aliphatic heterocycles. The summed E-state index contributed by atoms with van der Waals surface area (Å²) < 4.78 is 21.7. The van der Waals surface area contributed by atoms with E-state index in [0.717, 1.165) is 6.08 Å². The van der Waals surface area contributed by atoms with Crippen molar-refractivity contribution in [3.8, 4) is 23.0 Å². The van der Waals surface area contributed by atoms with Gasteiger partial charge in [0, 0.05) is 12.1 Å². The summed E-state index contributed by atoms with van der Waals surface area (Å²) in [4.78, 5) is 10.6. The van der Waals surface area contributed by atoms with E-state index in [9.17, 15) is 4.79 Å². The summed E-state index contributed by atoms with van der Waals surface area (Å²) in [5.74, 6) is 1.10. The summed E-state index contributed by atoms with van der Waals surface area (Å²) >= 11 is 6.22. The smallest absolute Gasteiger partial charge is 0.328 e. The molecule has 0 aliphatic carbocycles. The van der Waals surface area contributed by atoms with Gasteiger partial charge in [0.25, 0.3) is 0 Å². The van der Waals surface area contributed by atoms with Gasteiger partial charge in [0.1, 0.15) is 24.7 Å². The Hall–Kier alpha value is -2.86. The zero-order chi connectivity index (χ0) is 18.9. The fraction of sp³-hybridized carbons (Fsp3) is 0.211. The standard InChI is InChI=1S/C19H19ClO6/c1-23-14-4-3-5-15(12-14)25-8-9-26-19-16(20)10-13(6-7-18(21)22)11-17(19)24-2/h3-7,10-12H,8-9H2,1-2H3,(H,21,22). The summed E-state index contributed by atoms with van der Waals surface area (Å²) in [5.41, 5.74) is 0.592. The molecule has 2 aromatic rings. The molecule has 138 valence electrons. The van der Waals surface area contributed by atoms with Crippen LogP contribution in [0, 0.1) is 0 Å². The van der Waals surface area contributed by atoms with E-state index in [2.05, 4.69) is 0 Å². The van der Waals surface area contributed by atoms with E-state index in [1.54, 1.807) is 25.3 Å². The molecule has 0 bridgehead atoms. The first-order chi connectivity index (χ1) is 12.5. The maximum atomic E-state index is 10.6. The quantitative estimate of drug-likeness (QED) is 0.526. The Labute approximate surface area is 156 Å². The van der Waals surface area contributed by atoms with E-state index in [1.165, 1.54) is 13.2 Å². The van der Waals surface area contributed by atoms with Gasteiger partial charge in [0.05, 0.1) is 19.2 Å². The molecule has 26 heavy (non-hydrogen) atoms. The van der Waals surface area contributed by atoms with E-state index in [1.807, 2.05) is 18.2 Å². The molecular weight excluding hydrogens is 360 g/mol. The van der Waals surface area contributed by atoms with Gasteiger partial charge in [-0.05, 0) is 35.9 Å². The summed E-state index contributed by atoms with van der Waals surface area (Å²) in [6.07, 6.45) is 2.44. The van der Waals surface area contributed by atoms with Crippen molar-refractivity contribution in [3.05, 3.63) is 53.1 Å². The number of benzene rings is 2. The fourth-order valence-corrected chi connectivity index (χ4v) is 2.41. The molecule has 0 fully saturated rings. The number of halogens is 1. The molecule has 2 rings (SSSR count). The molecule has 0 radical (unpaired) electrons. The SMILES string of the molecule is COc1cccc(OCCOc2c(Cl)cc(C=CC(=O)O)cc2OC)c1. The highest BCUT2D eigenvalue weighted by atomic mass is 35.5. The van der Waals surface area contributed by atoms with Crippen LogP contribution in [-0.2, 0) is 4.79 Å². The molecule has 1 N–H and O–H groups in total. The molecule has 0 spiro atoms. The average molecular weight is 379 g/mol. The molecule has 0 heterocycles. The molecule has 0 aromatic heterocycles. The van der Waals surface area contributed by atoms with Gasteiger partial charge in [0.2, 0.25) is 0 Å². The second-order valence-electron chi connectivity index (χ2n) is 5.08. The second kappa shape index (κ2) is 9.58. The number of methoxy groups -OCH3 is 2. The lowest BCUT2D eigenvalue weighted by molar-refractivity contribution is -0.131. The number of hydrogen-bond acceptors (Lipinski definition) is 5. The third kappa shape index (κ3) is 5.60. The normalized spacial score (nSPS) is 10.6. The minimum absolute atomic E-state index is 0.248. The van der Waals surface area contributed by atoms with Crippen molar-refractivity contribution in [2.45, 2.75) is 0 Å². The van der Waals surface area contributed by atoms with E-state index in [4.69, 9.17) is 35.7 Å². The molecular formula is C19H19ClO6. The lowest BCUT2D eigenvalue weighted by Gasteiger charge is -2.14. The zero-order valence-electron chi connectivity index (χ0n) is 14.4. The van der Waals surface area contributed by atoms with Crippen LogP contribution in [0.15, 0.2) is 42.5 Å². The van der Waals surface area contributed by atoms with E-state index in [0.29, 0.717) is 40.2 Å². The van der Waals surface area contributed by atoms with Gasteiger partial charge in [-0.25, -0.2) is 4.79 Å². The van der Waals surface area contributed by atoms with Gasteiger partial charge >= 0.3 is 5.97 Å². The Kier molecular flexibility index (Phi) is 7.17. The van der Waals surface area contributed by atoms with Crippen LogP contribution in [0.4, 0.5) is 0 Å². The number of hydrogen-bond donors (Lipinski definition) is 1. The van der Waals surface area contributed by atoms with Crippen LogP contribution in [0.25, 0.3) is 6.08 Å². The molecule has 2 aromatic carbocycles. The molecule has 6 nitrogen and oxygen atoms in total. The van der Waals surface area contributed by atoms with Crippen molar-refractivity contribution in [1.82, 2.24) is 0 Å². The number of ether oxygens (including phenoxy) is 4. The Morgan fingerprint density at radius 2 is 1.81 bits per heavy atom. The molecule has 7 heteroatoms. The van der Waals surface area contributed by atoms with Crippen molar-refractivity contribution in [2.75, 3.05) is 27.4 Å². The largest absolute Gasteiger partial charge is 0.497 e. The van der Waals surface area contributed by atoms with Gasteiger partial charge in [0.15, 0.2) is 11.5 Å². The summed E-state index contributed by atoms with van der Waals surface area (Å²) in [7, 11) is 3.07. The van der Waals surface area contributed by atoms with Crippen LogP contribution in [0.1, 0.15) is 5.56 Å². The van der Waals surface area contributed by atoms with E-state index < -0.39 is 5.97 Å². The first-order valence-corrected chi connectivity index (χ1v) is 8.09. The molecule has 0 saturated heterocycles. The Morgan fingerprint density at radius 1 is 1.08 bits per heavy atom. The van der Waals surface area contributed by atoms with Crippen LogP contribution in [0.2, 0.25) is 5.02 Å². The molecule has 0 atom stereocenters. The first kappa shape index (κ1) is 19.5. The monoisotopic (exact) mass is 378 g/mol. The predicted molar refractivity (Wildman–Crippen MR) is 98.7 cm³/mol. The van der Waals surface area contributed by atoms with Crippen molar-refractivity contribution in [1.29, 1.82) is 0 Å².